The number of aliphatic hydroxyl groups excluding tert-OH is 1. The highest BCUT2D eigenvalue weighted by Crippen LogP contribution is 2.25. The normalized spacial score (nSPS) is 20.4. The van der Waals surface area contributed by atoms with Crippen molar-refractivity contribution in [1.82, 2.24) is 5.32 Å². The molecule has 0 spiro atoms. The van der Waals surface area contributed by atoms with Gasteiger partial charge in [-0.05, 0) is 43.4 Å². The van der Waals surface area contributed by atoms with Gasteiger partial charge in [0.15, 0.2) is 0 Å². The van der Waals surface area contributed by atoms with Crippen molar-refractivity contribution < 1.29 is 5.11 Å². The maximum Gasteiger partial charge on any atom is 0.0914 e. The van der Waals surface area contributed by atoms with E-state index in [1.54, 1.807) is 0 Å². The summed E-state index contributed by atoms with van der Waals surface area (Å²) in [6.07, 6.45) is 7.68. The fraction of sp³-hybridized carbons (Fsp3) is 0.647. The molecule has 1 aromatic rings. The van der Waals surface area contributed by atoms with Gasteiger partial charge in [0.05, 0.1) is 6.10 Å². The Morgan fingerprint density at radius 2 is 1.75 bits per heavy atom. The fourth-order valence-corrected chi connectivity index (χ4v) is 3.20. The molecule has 1 aliphatic carbocycles. The molecule has 20 heavy (non-hydrogen) atoms. The Morgan fingerprint density at radius 1 is 1.15 bits per heavy atom. The lowest BCUT2D eigenvalue weighted by atomic mass is 9.93. The third-order valence-corrected chi connectivity index (χ3v) is 4.75. The largest absolute Gasteiger partial charge is 0.387 e. The smallest absolute Gasteiger partial charge is 0.0914 e. The molecule has 0 heterocycles. The molecule has 2 nitrogen and oxygen atoms in total. The van der Waals surface area contributed by atoms with E-state index in [1.807, 2.05) is 24.3 Å². The van der Waals surface area contributed by atoms with Gasteiger partial charge in [0.25, 0.3) is 0 Å². The molecule has 2 N–H and O–H groups in total. The van der Waals surface area contributed by atoms with Crippen LogP contribution in [-0.2, 0) is 0 Å². The van der Waals surface area contributed by atoms with E-state index in [2.05, 4.69) is 12.2 Å². The SMILES string of the molecule is C[C@@H](NCC(O)c1ccc(Cl)cc1)C1CCCCCC1. The van der Waals surface area contributed by atoms with Gasteiger partial charge in [-0.1, -0.05) is 49.4 Å². The third-order valence-electron chi connectivity index (χ3n) is 4.49. The lowest BCUT2D eigenvalue weighted by Gasteiger charge is -2.25. The Morgan fingerprint density at radius 3 is 2.35 bits per heavy atom. The van der Waals surface area contributed by atoms with Gasteiger partial charge in [-0.15, -0.1) is 0 Å². The average Bonchev–Trinajstić information content (AvgIpc) is 2.74. The summed E-state index contributed by atoms with van der Waals surface area (Å²) in [7, 11) is 0. The van der Waals surface area contributed by atoms with Crippen LogP contribution in [0, 0.1) is 5.92 Å². The highest BCUT2D eigenvalue weighted by Gasteiger charge is 2.19. The number of hydrogen-bond donors (Lipinski definition) is 2. The van der Waals surface area contributed by atoms with Crippen LogP contribution in [0.25, 0.3) is 0 Å². The Balaban J connectivity index is 1.79. The molecule has 1 unspecified atom stereocenters. The van der Waals surface area contributed by atoms with Crippen LogP contribution in [-0.4, -0.2) is 17.7 Å². The molecule has 1 aromatic carbocycles. The van der Waals surface area contributed by atoms with Crippen LogP contribution in [0.2, 0.25) is 5.02 Å². The van der Waals surface area contributed by atoms with Gasteiger partial charge in [0.2, 0.25) is 0 Å². The summed E-state index contributed by atoms with van der Waals surface area (Å²) in [6, 6.07) is 7.93. The van der Waals surface area contributed by atoms with Gasteiger partial charge >= 0.3 is 0 Å². The molecule has 0 saturated heterocycles. The van der Waals surface area contributed by atoms with E-state index in [0.717, 1.165) is 11.5 Å². The first-order chi connectivity index (χ1) is 9.66. The average molecular weight is 296 g/mol. The first-order valence-electron chi connectivity index (χ1n) is 7.83. The van der Waals surface area contributed by atoms with Crippen molar-refractivity contribution in [1.29, 1.82) is 0 Å². The lowest BCUT2D eigenvalue weighted by molar-refractivity contribution is 0.164. The molecule has 112 valence electrons. The molecule has 2 rings (SSSR count). The number of halogens is 1. The first-order valence-corrected chi connectivity index (χ1v) is 8.21. The molecule has 0 bridgehead atoms. The van der Waals surface area contributed by atoms with Crippen molar-refractivity contribution in [2.45, 2.75) is 57.6 Å². The van der Waals surface area contributed by atoms with Crippen LogP contribution >= 0.6 is 11.6 Å². The van der Waals surface area contributed by atoms with Crippen molar-refractivity contribution in [2.24, 2.45) is 5.92 Å². The van der Waals surface area contributed by atoms with Crippen LogP contribution in [0.5, 0.6) is 0 Å². The van der Waals surface area contributed by atoms with Crippen LogP contribution in [0.3, 0.4) is 0 Å². The van der Waals surface area contributed by atoms with Crippen LogP contribution in [0.15, 0.2) is 24.3 Å². The number of hydrogen-bond acceptors (Lipinski definition) is 2. The molecule has 0 aliphatic heterocycles. The van der Waals surface area contributed by atoms with Gasteiger partial charge in [-0.3, -0.25) is 0 Å². The molecule has 2 atom stereocenters. The molecule has 1 aliphatic rings. The number of rotatable bonds is 5. The topological polar surface area (TPSA) is 32.3 Å². The summed E-state index contributed by atoms with van der Waals surface area (Å²) in [5.74, 6) is 0.759. The summed E-state index contributed by atoms with van der Waals surface area (Å²) in [5, 5.41) is 14.4. The maximum absolute atomic E-state index is 10.2. The number of benzene rings is 1. The van der Waals surface area contributed by atoms with Crippen LogP contribution in [0.4, 0.5) is 0 Å². The molecular formula is C17H26ClNO. The second-order valence-corrected chi connectivity index (χ2v) is 6.45. The minimum Gasteiger partial charge on any atom is -0.387 e. The molecule has 0 aromatic heterocycles. The Bertz CT molecular complexity index is 384. The Labute approximate surface area is 127 Å². The fourth-order valence-electron chi connectivity index (χ4n) is 3.08. The summed E-state index contributed by atoms with van der Waals surface area (Å²) < 4.78 is 0. The Kier molecular flexibility index (Phi) is 6.34. The first kappa shape index (κ1) is 15.8. The molecule has 3 heteroatoms. The summed E-state index contributed by atoms with van der Waals surface area (Å²) in [4.78, 5) is 0. The van der Waals surface area contributed by atoms with Crippen molar-refractivity contribution >= 4 is 11.6 Å². The maximum atomic E-state index is 10.2. The highest BCUT2D eigenvalue weighted by molar-refractivity contribution is 6.30. The molecule has 0 radical (unpaired) electrons. The summed E-state index contributed by atoms with van der Waals surface area (Å²) >= 11 is 5.86. The van der Waals surface area contributed by atoms with E-state index in [-0.39, 0.29) is 0 Å². The zero-order valence-electron chi connectivity index (χ0n) is 12.3. The number of aliphatic hydroxyl groups is 1. The van der Waals surface area contributed by atoms with Gasteiger partial charge in [0, 0.05) is 17.6 Å². The van der Waals surface area contributed by atoms with Crippen molar-refractivity contribution in [2.75, 3.05) is 6.54 Å². The predicted octanol–water partition coefficient (Wildman–Crippen LogP) is 4.32. The van der Waals surface area contributed by atoms with Crippen molar-refractivity contribution in [3.8, 4) is 0 Å². The zero-order chi connectivity index (χ0) is 14.4. The van der Waals surface area contributed by atoms with Gasteiger partial charge < -0.3 is 10.4 Å². The summed E-state index contributed by atoms with van der Waals surface area (Å²) in [5.41, 5.74) is 0.926. The molecular weight excluding hydrogens is 270 g/mol. The van der Waals surface area contributed by atoms with E-state index in [1.165, 1.54) is 38.5 Å². The predicted molar refractivity (Wildman–Crippen MR) is 85.1 cm³/mol. The Hall–Kier alpha value is -0.570. The standard InChI is InChI=1S/C17H26ClNO/c1-13(14-6-4-2-3-5-7-14)19-12-17(20)15-8-10-16(18)11-9-15/h8-11,13-14,17,19-20H,2-7,12H2,1H3/t13-,17?/m1/s1. The second-order valence-electron chi connectivity index (χ2n) is 6.02. The quantitative estimate of drug-likeness (QED) is 0.793. The van der Waals surface area contributed by atoms with E-state index in [9.17, 15) is 5.11 Å². The minimum atomic E-state index is -0.458. The monoisotopic (exact) mass is 295 g/mol. The lowest BCUT2D eigenvalue weighted by Crippen LogP contribution is -2.36. The molecule has 1 fully saturated rings. The zero-order valence-corrected chi connectivity index (χ0v) is 13.1. The number of nitrogens with one attached hydrogen (secondary N) is 1. The van der Waals surface area contributed by atoms with Crippen LogP contribution < -0.4 is 5.32 Å². The molecule has 0 amide bonds. The minimum absolute atomic E-state index is 0.458. The molecule has 1 saturated carbocycles. The van der Waals surface area contributed by atoms with Crippen molar-refractivity contribution in [3.63, 3.8) is 0 Å². The van der Waals surface area contributed by atoms with Gasteiger partial charge in [-0.25, -0.2) is 0 Å². The van der Waals surface area contributed by atoms with Gasteiger partial charge in [-0.2, -0.15) is 0 Å². The summed E-state index contributed by atoms with van der Waals surface area (Å²) in [6.45, 7) is 2.86. The van der Waals surface area contributed by atoms with Crippen molar-refractivity contribution in [3.05, 3.63) is 34.9 Å². The van der Waals surface area contributed by atoms with E-state index >= 15 is 0 Å². The van der Waals surface area contributed by atoms with E-state index in [4.69, 9.17) is 11.6 Å². The van der Waals surface area contributed by atoms with E-state index < -0.39 is 6.10 Å². The third kappa shape index (κ3) is 4.76. The van der Waals surface area contributed by atoms with Crippen LogP contribution in [0.1, 0.15) is 57.1 Å². The highest BCUT2D eigenvalue weighted by atomic mass is 35.5. The van der Waals surface area contributed by atoms with Gasteiger partial charge in [0.1, 0.15) is 0 Å². The van der Waals surface area contributed by atoms with E-state index in [0.29, 0.717) is 17.6 Å². The second kappa shape index (κ2) is 8.02.